The zero-order chi connectivity index (χ0) is 12.7. The van der Waals surface area contributed by atoms with Crippen molar-refractivity contribution in [1.82, 2.24) is 5.32 Å². The number of aliphatic hydroxyl groups excluding tert-OH is 1. The Morgan fingerprint density at radius 2 is 2.06 bits per heavy atom. The van der Waals surface area contributed by atoms with Crippen molar-refractivity contribution in [2.24, 2.45) is 11.3 Å². The lowest BCUT2D eigenvalue weighted by molar-refractivity contribution is 0.246. The van der Waals surface area contributed by atoms with Gasteiger partial charge in [0, 0.05) is 12.6 Å². The summed E-state index contributed by atoms with van der Waals surface area (Å²) >= 11 is 0. The molecule has 2 N–H and O–H groups in total. The highest BCUT2D eigenvalue weighted by atomic mass is 16.3. The van der Waals surface area contributed by atoms with Crippen LogP contribution in [0.15, 0.2) is 0 Å². The molecule has 0 aliphatic heterocycles. The Hall–Kier alpha value is -0.0800. The molecular formula is C15H31NO. The summed E-state index contributed by atoms with van der Waals surface area (Å²) in [5.74, 6) is 0.649. The van der Waals surface area contributed by atoms with Crippen LogP contribution in [0, 0.1) is 11.3 Å². The quantitative estimate of drug-likeness (QED) is 0.699. The molecule has 0 aromatic heterocycles. The van der Waals surface area contributed by atoms with Gasteiger partial charge in [0.25, 0.3) is 0 Å². The molecule has 0 saturated heterocycles. The molecular weight excluding hydrogens is 210 g/mol. The van der Waals surface area contributed by atoms with Gasteiger partial charge in [0.05, 0.1) is 0 Å². The van der Waals surface area contributed by atoms with E-state index in [-0.39, 0.29) is 0 Å². The molecule has 0 spiro atoms. The monoisotopic (exact) mass is 241 g/mol. The highest BCUT2D eigenvalue weighted by Crippen LogP contribution is 2.33. The predicted octanol–water partition coefficient (Wildman–Crippen LogP) is 3.34. The fourth-order valence-corrected chi connectivity index (χ4v) is 2.83. The molecule has 1 fully saturated rings. The van der Waals surface area contributed by atoms with Crippen molar-refractivity contribution in [3.63, 3.8) is 0 Å². The third-order valence-corrected chi connectivity index (χ3v) is 4.39. The minimum Gasteiger partial charge on any atom is -0.396 e. The molecule has 2 heteroatoms. The number of hydrogen-bond acceptors (Lipinski definition) is 2. The summed E-state index contributed by atoms with van der Waals surface area (Å²) in [5.41, 5.74) is 0.547. The van der Waals surface area contributed by atoms with Crippen molar-refractivity contribution in [2.75, 3.05) is 13.2 Å². The summed E-state index contributed by atoms with van der Waals surface area (Å²) in [6, 6.07) is 0.713. The van der Waals surface area contributed by atoms with Crippen molar-refractivity contribution in [1.29, 1.82) is 0 Å². The Morgan fingerprint density at radius 3 is 2.71 bits per heavy atom. The van der Waals surface area contributed by atoms with Gasteiger partial charge in [-0.3, -0.25) is 0 Å². The van der Waals surface area contributed by atoms with E-state index in [0.29, 0.717) is 24.0 Å². The highest BCUT2D eigenvalue weighted by molar-refractivity contribution is 4.80. The van der Waals surface area contributed by atoms with E-state index in [4.69, 9.17) is 5.11 Å². The molecule has 0 radical (unpaired) electrons. The molecule has 0 aromatic rings. The van der Waals surface area contributed by atoms with Gasteiger partial charge < -0.3 is 10.4 Å². The Morgan fingerprint density at radius 1 is 1.29 bits per heavy atom. The number of nitrogens with one attached hydrogen (secondary N) is 1. The van der Waals surface area contributed by atoms with Crippen molar-refractivity contribution in [3.8, 4) is 0 Å². The minimum absolute atomic E-state index is 0.331. The maximum Gasteiger partial charge on any atom is 0.0434 e. The van der Waals surface area contributed by atoms with Gasteiger partial charge >= 0.3 is 0 Å². The Bertz CT molecular complexity index is 203. The standard InChI is InChI=1S/C15H31NO/c1-4-13(8-11-17)12-16-14-6-5-9-15(2,3)10-7-14/h13-14,16-17H,4-12H2,1-3H3. The van der Waals surface area contributed by atoms with Crippen LogP contribution in [0.25, 0.3) is 0 Å². The molecule has 2 atom stereocenters. The first-order valence-corrected chi connectivity index (χ1v) is 7.41. The average molecular weight is 241 g/mol. The first-order chi connectivity index (χ1) is 8.07. The summed E-state index contributed by atoms with van der Waals surface area (Å²) in [6.45, 7) is 8.43. The van der Waals surface area contributed by atoms with Crippen LogP contribution in [-0.4, -0.2) is 24.3 Å². The van der Waals surface area contributed by atoms with Crippen LogP contribution >= 0.6 is 0 Å². The highest BCUT2D eigenvalue weighted by Gasteiger charge is 2.24. The zero-order valence-electron chi connectivity index (χ0n) is 12.0. The smallest absolute Gasteiger partial charge is 0.0434 e. The molecule has 102 valence electrons. The Balaban J connectivity index is 2.27. The molecule has 1 saturated carbocycles. The third-order valence-electron chi connectivity index (χ3n) is 4.39. The molecule has 17 heavy (non-hydrogen) atoms. The number of hydrogen-bond donors (Lipinski definition) is 2. The number of rotatable bonds is 6. The minimum atomic E-state index is 0.331. The SMILES string of the molecule is CCC(CCO)CNC1CCCC(C)(C)CC1. The van der Waals surface area contributed by atoms with E-state index in [0.717, 1.165) is 13.0 Å². The van der Waals surface area contributed by atoms with Gasteiger partial charge in [-0.15, -0.1) is 0 Å². The zero-order valence-corrected chi connectivity index (χ0v) is 12.0. The Labute approximate surface area is 107 Å². The molecule has 2 nitrogen and oxygen atoms in total. The molecule has 0 amide bonds. The van der Waals surface area contributed by atoms with Gasteiger partial charge in [-0.1, -0.05) is 33.6 Å². The predicted molar refractivity (Wildman–Crippen MR) is 74.1 cm³/mol. The first-order valence-electron chi connectivity index (χ1n) is 7.41. The van der Waals surface area contributed by atoms with Crippen LogP contribution in [0.2, 0.25) is 0 Å². The first kappa shape index (κ1) is 15.0. The largest absolute Gasteiger partial charge is 0.396 e. The van der Waals surface area contributed by atoms with E-state index in [1.54, 1.807) is 0 Å². The second-order valence-corrected chi connectivity index (χ2v) is 6.49. The molecule has 0 heterocycles. The molecule has 1 aliphatic carbocycles. The summed E-state index contributed by atoms with van der Waals surface area (Å²) < 4.78 is 0. The van der Waals surface area contributed by atoms with Gasteiger partial charge in [-0.2, -0.15) is 0 Å². The lowest BCUT2D eigenvalue weighted by atomic mass is 9.85. The van der Waals surface area contributed by atoms with Gasteiger partial charge in [-0.05, 0) is 50.0 Å². The summed E-state index contributed by atoms with van der Waals surface area (Å²) in [6.07, 6.45) is 8.86. The second kappa shape index (κ2) is 7.38. The maximum atomic E-state index is 8.99. The van der Waals surface area contributed by atoms with Crippen LogP contribution in [0.4, 0.5) is 0 Å². The van der Waals surface area contributed by atoms with Gasteiger partial charge in [-0.25, -0.2) is 0 Å². The van der Waals surface area contributed by atoms with E-state index in [1.807, 2.05) is 0 Å². The summed E-state index contributed by atoms with van der Waals surface area (Å²) in [7, 11) is 0. The molecule has 0 aromatic carbocycles. The summed E-state index contributed by atoms with van der Waals surface area (Å²) in [4.78, 5) is 0. The van der Waals surface area contributed by atoms with E-state index in [9.17, 15) is 0 Å². The van der Waals surface area contributed by atoms with Crippen LogP contribution < -0.4 is 5.32 Å². The molecule has 1 rings (SSSR count). The second-order valence-electron chi connectivity index (χ2n) is 6.49. The van der Waals surface area contributed by atoms with E-state index >= 15 is 0 Å². The van der Waals surface area contributed by atoms with Crippen LogP contribution in [0.3, 0.4) is 0 Å². The fourth-order valence-electron chi connectivity index (χ4n) is 2.83. The van der Waals surface area contributed by atoms with Crippen LogP contribution in [-0.2, 0) is 0 Å². The normalized spacial score (nSPS) is 26.5. The van der Waals surface area contributed by atoms with E-state index in [1.165, 1.54) is 38.5 Å². The van der Waals surface area contributed by atoms with Gasteiger partial charge in [0.15, 0.2) is 0 Å². The lowest BCUT2D eigenvalue weighted by Crippen LogP contribution is -2.33. The van der Waals surface area contributed by atoms with E-state index in [2.05, 4.69) is 26.1 Å². The van der Waals surface area contributed by atoms with Crippen LogP contribution in [0.5, 0.6) is 0 Å². The summed E-state index contributed by atoms with van der Waals surface area (Å²) in [5, 5.41) is 12.7. The fraction of sp³-hybridized carbons (Fsp3) is 1.00. The topological polar surface area (TPSA) is 32.3 Å². The third kappa shape index (κ3) is 5.87. The van der Waals surface area contributed by atoms with Gasteiger partial charge in [0.1, 0.15) is 0 Å². The average Bonchev–Trinajstić information content (AvgIpc) is 2.46. The van der Waals surface area contributed by atoms with Gasteiger partial charge in [0.2, 0.25) is 0 Å². The Kier molecular flexibility index (Phi) is 6.50. The maximum absolute atomic E-state index is 8.99. The van der Waals surface area contributed by atoms with Crippen molar-refractivity contribution < 1.29 is 5.11 Å². The van der Waals surface area contributed by atoms with Crippen molar-refractivity contribution in [3.05, 3.63) is 0 Å². The van der Waals surface area contributed by atoms with Crippen LogP contribution in [0.1, 0.15) is 65.7 Å². The molecule has 0 bridgehead atoms. The lowest BCUT2D eigenvalue weighted by Gasteiger charge is -2.23. The van der Waals surface area contributed by atoms with E-state index < -0.39 is 0 Å². The van der Waals surface area contributed by atoms with Crippen molar-refractivity contribution >= 4 is 0 Å². The molecule has 1 aliphatic rings. The molecule has 2 unspecified atom stereocenters. The number of aliphatic hydroxyl groups is 1. The van der Waals surface area contributed by atoms with Crippen molar-refractivity contribution in [2.45, 2.75) is 71.8 Å².